The smallest absolute Gasteiger partial charge is 0.221 e. The lowest BCUT2D eigenvalue weighted by Crippen LogP contribution is -2.42. The maximum atomic E-state index is 11.8. The van der Waals surface area contributed by atoms with Gasteiger partial charge < -0.3 is 20.7 Å². The van der Waals surface area contributed by atoms with Crippen molar-refractivity contribution in [2.75, 3.05) is 32.8 Å². The fourth-order valence-corrected chi connectivity index (χ4v) is 3.19. The first-order valence-electron chi connectivity index (χ1n) is 9.21. The average Bonchev–Trinajstić information content (AvgIpc) is 2.64. The van der Waals surface area contributed by atoms with Crippen molar-refractivity contribution in [3.63, 3.8) is 0 Å². The summed E-state index contributed by atoms with van der Waals surface area (Å²) in [6.07, 6.45) is 3.88. The molecule has 1 atom stereocenters. The molecule has 0 aliphatic carbocycles. The van der Waals surface area contributed by atoms with Crippen LogP contribution in [0.25, 0.3) is 0 Å². The zero-order chi connectivity index (χ0) is 18.8. The molecule has 6 nitrogen and oxygen atoms in total. The summed E-state index contributed by atoms with van der Waals surface area (Å²) in [7, 11) is 0. The van der Waals surface area contributed by atoms with Gasteiger partial charge in [-0.05, 0) is 63.0 Å². The number of halogens is 1. The van der Waals surface area contributed by atoms with Gasteiger partial charge in [0.1, 0.15) is 5.75 Å². The van der Waals surface area contributed by atoms with Crippen LogP contribution in [-0.2, 0) is 9.59 Å². The van der Waals surface area contributed by atoms with Gasteiger partial charge in [-0.15, -0.1) is 0 Å². The van der Waals surface area contributed by atoms with Crippen LogP contribution >= 0.6 is 11.6 Å². The molecule has 0 aromatic heterocycles. The molecule has 2 amide bonds. The maximum Gasteiger partial charge on any atom is 0.221 e. The Kier molecular flexibility index (Phi) is 8.71. The summed E-state index contributed by atoms with van der Waals surface area (Å²) in [5.74, 6) is 0.562. The highest BCUT2D eigenvalue weighted by molar-refractivity contribution is 6.30. The van der Waals surface area contributed by atoms with Crippen molar-refractivity contribution in [2.45, 2.75) is 32.1 Å². The lowest BCUT2D eigenvalue weighted by atomic mass is 9.97. The van der Waals surface area contributed by atoms with Gasteiger partial charge in [0.25, 0.3) is 0 Å². The van der Waals surface area contributed by atoms with Crippen molar-refractivity contribution >= 4 is 23.4 Å². The summed E-state index contributed by atoms with van der Waals surface area (Å²) in [5, 5.41) is 3.60. The van der Waals surface area contributed by atoms with E-state index < -0.39 is 0 Å². The normalized spacial score (nSPS) is 17.7. The van der Waals surface area contributed by atoms with E-state index in [0.29, 0.717) is 31.0 Å². The number of hydrogen-bond donors (Lipinski definition) is 2. The standard InChI is InChI=1S/C19H28ClN3O3/c20-16-6-8-17(9-7-16)26-13-2-5-18(24)22-10-3-12-23-11-1-4-15(14-23)19(21)25/h6-9,15H,1-5,10-14H2,(H2,21,25)(H,22,24). The minimum atomic E-state index is -0.205. The molecule has 144 valence electrons. The van der Waals surface area contributed by atoms with Gasteiger partial charge in [-0.3, -0.25) is 9.59 Å². The number of benzene rings is 1. The summed E-state index contributed by atoms with van der Waals surface area (Å²) in [6, 6.07) is 7.17. The molecule has 1 heterocycles. The molecule has 0 saturated carbocycles. The Morgan fingerprint density at radius 1 is 1.27 bits per heavy atom. The first-order valence-corrected chi connectivity index (χ1v) is 9.59. The van der Waals surface area contributed by atoms with E-state index in [2.05, 4.69) is 10.2 Å². The number of primary amides is 1. The van der Waals surface area contributed by atoms with Crippen molar-refractivity contribution in [1.29, 1.82) is 0 Å². The molecular formula is C19H28ClN3O3. The van der Waals surface area contributed by atoms with Crippen LogP contribution in [0.3, 0.4) is 0 Å². The van der Waals surface area contributed by atoms with Gasteiger partial charge in [-0.2, -0.15) is 0 Å². The van der Waals surface area contributed by atoms with E-state index in [-0.39, 0.29) is 17.7 Å². The van der Waals surface area contributed by atoms with Gasteiger partial charge in [0.05, 0.1) is 12.5 Å². The van der Waals surface area contributed by atoms with Crippen molar-refractivity contribution < 1.29 is 14.3 Å². The molecule has 1 aromatic carbocycles. The summed E-state index contributed by atoms with van der Waals surface area (Å²) >= 11 is 5.81. The fraction of sp³-hybridized carbons (Fsp3) is 0.579. The summed E-state index contributed by atoms with van der Waals surface area (Å²) < 4.78 is 5.56. The lowest BCUT2D eigenvalue weighted by Gasteiger charge is -2.31. The van der Waals surface area contributed by atoms with Gasteiger partial charge >= 0.3 is 0 Å². The number of nitrogens with one attached hydrogen (secondary N) is 1. The molecule has 7 heteroatoms. The molecule has 3 N–H and O–H groups in total. The predicted octanol–water partition coefficient (Wildman–Crippen LogP) is 2.20. The lowest BCUT2D eigenvalue weighted by molar-refractivity contribution is -0.123. The Balaban J connectivity index is 1.49. The van der Waals surface area contributed by atoms with Crippen LogP contribution in [0.5, 0.6) is 5.75 Å². The zero-order valence-electron chi connectivity index (χ0n) is 15.1. The number of amides is 2. The number of hydrogen-bond acceptors (Lipinski definition) is 4. The summed E-state index contributed by atoms with van der Waals surface area (Å²) in [5.41, 5.74) is 5.39. The van der Waals surface area contributed by atoms with E-state index in [0.717, 1.165) is 44.6 Å². The van der Waals surface area contributed by atoms with Gasteiger partial charge in [-0.25, -0.2) is 0 Å². The van der Waals surface area contributed by atoms with Crippen molar-refractivity contribution in [3.05, 3.63) is 29.3 Å². The van der Waals surface area contributed by atoms with E-state index in [4.69, 9.17) is 22.1 Å². The van der Waals surface area contributed by atoms with Gasteiger partial charge in [0, 0.05) is 24.5 Å². The largest absolute Gasteiger partial charge is 0.494 e. The number of carbonyl (C=O) groups is 2. The number of nitrogens with two attached hydrogens (primary N) is 1. The molecule has 1 saturated heterocycles. The Bertz CT molecular complexity index is 580. The minimum absolute atomic E-state index is 0.0287. The highest BCUT2D eigenvalue weighted by Gasteiger charge is 2.23. The Morgan fingerprint density at radius 3 is 2.77 bits per heavy atom. The first kappa shape index (κ1) is 20.5. The molecule has 0 bridgehead atoms. The van der Waals surface area contributed by atoms with E-state index in [1.165, 1.54) is 0 Å². The average molecular weight is 382 g/mol. The maximum absolute atomic E-state index is 11.8. The summed E-state index contributed by atoms with van der Waals surface area (Å²) in [6.45, 7) is 3.76. The van der Waals surface area contributed by atoms with Crippen LogP contribution in [-0.4, -0.2) is 49.5 Å². The molecule has 0 spiro atoms. The second-order valence-corrected chi connectivity index (χ2v) is 7.09. The van der Waals surface area contributed by atoms with Crippen molar-refractivity contribution in [1.82, 2.24) is 10.2 Å². The Labute approximate surface area is 160 Å². The third-order valence-corrected chi connectivity index (χ3v) is 4.76. The van der Waals surface area contributed by atoms with E-state index in [1.54, 1.807) is 12.1 Å². The molecule has 0 radical (unpaired) electrons. The molecular weight excluding hydrogens is 354 g/mol. The van der Waals surface area contributed by atoms with Crippen molar-refractivity contribution in [3.8, 4) is 5.75 Å². The molecule has 1 aliphatic rings. The quantitative estimate of drug-likeness (QED) is 0.608. The van der Waals surface area contributed by atoms with Crippen LogP contribution in [0, 0.1) is 5.92 Å². The van der Waals surface area contributed by atoms with E-state index in [1.807, 2.05) is 12.1 Å². The fourth-order valence-electron chi connectivity index (χ4n) is 3.06. The number of ether oxygens (including phenoxy) is 1. The topological polar surface area (TPSA) is 84.7 Å². The van der Waals surface area contributed by atoms with Crippen LogP contribution in [0.1, 0.15) is 32.1 Å². The van der Waals surface area contributed by atoms with Gasteiger partial charge in [-0.1, -0.05) is 11.6 Å². The molecule has 2 rings (SSSR count). The third kappa shape index (κ3) is 7.62. The van der Waals surface area contributed by atoms with Crippen molar-refractivity contribution in [2.24, 2.45) is 11.7 Å². The Hall–Kier alpha value is -1.79. The highest BCUT2D eigenvalue weighted by atomic mass is 35.5. The SMILES string of the molecule is NC(=O)C1CCCN(CCCNC(=O)CCCOc2ccc(Cl)cc2)C1. The first-order chi connectivity index (χ1) is 12.5. The molecule has 1 unspecified atom stereocenters. The minimum Gasteiger partial charge on any atom is -0.494 e. The van der Waals surface area contributed by atoms with Crippen LogP contribution in [0.2, 0.25) is 5.02 Å². The van der Waals surface area contributed by atoms with Crippen LogP contribution in [0.15, 0.2) is 24.3 Å². The van der Waals surface area contributed by atoms with Crippen LogP contribution in [0.4, 0.5) is 0 Å². The second-order valence-electron chi connectivity index (χ2n) is 6.65. The number of rotatable bonds is 10. The number of piperidine rings is 1. The predicted molar refractivity (Wildman–Crippen MR) is 102 cm³/mol. The molecule has 1 fully saturated rings. The van der Waals surface area contributed by atoms with E-state index in [9.17, 15) is 9.59 Å². The zero-order valence-corrected chi connectivity index (χ0v) is 15.8. The van der Waals surface area contributed by atoms with Gasteiger partial charge in [0.2, 0.25) is 11.8 Å². The highest BCUT2D eigenvalue weighted by Crippen LogP contribution is 2.16. The molecule has 26 heavy (non-hydrogen) atoms. The number of likely N-dealkylation sites (tertiary alicyclic amines) is 1. The third-order valence-electron chi connectivity index (χ3n) is 4.51. The van der Waals surface area contributed by atoms with Crippen LogP contribution < -0.4 is 15.8 Å². The molecule has 1 aliphatic heterocycles. The number of carbonyl (C=O) groups excluding carboxylic acids is 2. The monoisotopic (exact) mass is 381 g/mol. The number of nitrogens with zero attached hydrogens (tertiary/aromatic N) is 1. The van der Waals surface area contributed by atoms with Gasteiger partial charge in [0.15, 0.2) is 0 Å². The summed E-state index contributed by atoms with van der Waals surface area (Å²) in [4.78, 5) is 25.4. The Morgan fingerprint density at radius 2 is 2.04 bits per heavy atom. The molecule has 1 aromatic rings. The van der Waals surface area contributed by atoms with E-state index >= 15 is 0 Å². The second kappa shape index (κ2) is 11.0.